The third kappa shape index (κ3) is 6.33. The molecule has 0 aromatic heterocycles. The number of hydrogen-bond donors (Lipinski definition) is 1. The molecule has 0 radical (unpaired) electrons. The zero-order valence-electron chi connectivity index (χ0n) is 12.7. The lowest BCUT2D eigenvalue weighted by molar-refractivity contribution is -0.148. The molecule has 0 aliphatic rings. The number of nitrogens with zero attached hydrogens (tertiary/aromatic N) is 2. The summed E-state index contributed by atoms with van der Waals surface area (Å²) in [6.07, 6.45) is 1.88. The van der Waals surface area contributed by atoms with E-state index in [-0.39, 0.29) is 5.97 Å². The van der Waals surface area contributed by atoms with Crippen molar-refractivity contribution in [1.82, 2.24) is 15.1 Å². The number of likely N-dealkylation sites (N-methyl/N-ethyl adjacent to an activating group) is 1. The number of ether oxygens (including phenoxy) is 1. The van der Waals surface area contributed by atoms with Crippen molar-refractivity contribution in [1.29, 1.82) is 0 Å². The van der Waals surface area contributed by atoms with E-state index in [1.807, 2.05) is 6.92 Å². The summed E-state index contributed by atoms with van der Waals surface area (Å²) in [5.41, 5.74) is -0.593. The molecular weight excluding hydrogens is 230 g/mol. The second kappa shape index (κ2) is 8.45. The van der Waals surface area contributed by atoms with E-state index in [1.165, 1.54) is 7.11 Å². The predicted molar refractivity (Wildman–Crippen MR) is 74.8 cm³/mol. The number of carbonyl (C=O) groups is 1. The molecule has 0 aliphatic heterocycles. The van der Waals surface area contributed by atoms with Crippen molar-refractivity contribution in [3.05, 3.63) is 0 Å². The molecule has 0 saturated carbocycles. The number of rotatable bonds is 9. The SMILES string of the molecule is CNC(C)(CCN(C)CCCN(C)C)C(=O)OC. The van der Waals surface area contributed by atoms with Crippen LogP contribution in [0.3, 0.4) is 0 Å². The van der Waals surface area contributed by atoms with Crippen LogP contribution in [0.4, 0.5) is 0 Å². The Labute approximate surface area is 111 Å². The molecule has 0 fully saturated rings. The molecule has 18 heavy (non-hydrogen) atoms. The van der Waals surface area contributed by atoms with Crippen LogP contribution in [0.15, 0.2) is 0 Å². The lowest BCUT2D eigenvalue weighted by Crippen LogP contribution is -2.50. The second-order valence-corrected chi connectivity index (χ2v) is 5.28. The van der Waals surface area contributed by atoms with Crippen molar-refractivity contribution in [3.8, 4) is 0 Å². The van der Waals surface area contributed by atoms with Crippen molar-refractivity contribution in [2.24, 2.45) is 0 Å². The van der Waals surface area contributed by atoms with Crippen molar-refractivity contribution >= 4 is 5.97 Å². The van der Waals surface area contributed by atoms with Gasteiger partial charge in [-0.2, -0.15) is 0 Å². The van der Waals surface area contributed by atoms with E-state index in [9.17, 15) is 4.79 Å². The van der Waals surface area contributed by atoms with Gasteiger partial charge in [-0.3, -0.25) is 4.79 Å². The van der Waals surface area contributed by atoms with Crippen LogP contribution in [-0.4, -0.2) is 76.2 Å². The molecule has 0 aromatic rings. The maximum atomic E-state index is 11.7. The maximum absolute atomic E-state index is 11.7. The van der Waals surface area contributed by atoms with Gasteiger partial charge in [-0.05, 0) is 61.0 Å². The van der Waals surface area contributed by atoms with Gasteiger partial charge in [-0.25, -0.2) is 0 Å². The van der Waals surface area contributed by atoms with Crippen molar-refractivity contribution in [2.75, 3.05) is 54.9 Å². The fraction of sp³-hybridized carbons (Fsp3) is 0.923. The minimum absolute atomic E-state index is 0.202. The highest BCUT2D eigenvalue weighted by Crippen LogP contribution is 2.11. The fourth-order valence-corrected chi connectivity index (χ4v) is 1.74. The summed E-state index contributed by atoms with van der Waals surface area (Å²) in [5.74, 6) is -0.202. The third-order valence-corrected chi connectivity index (χ3v) is 3.33. The maximum Gasteiger partial charge on any atom is 0.325 e. The highest BCUT2D eigenvalue weighted by Gasteiger charge is 2.32. The Hall–Kier alpha value is -0.650. The van der Waals surface area contributed by atoms with Gasteiger partial charge < -0.3 is 19.9 Å². The average Bonchev–Trinajstić information content (AvgIpc) is 2.34. The van der Waals surface area contributed by atoms with Gasteiger partial charge >= 0.3 is 5.97 Å². The van der Waals surface area contributed by atoms with Crippen molar-refractivity contribution in [2.45, 2.75) is 25.3 Å². The van der Waals surface area contributed by atoms with E-state index in [4.69, 9.17) is 4.74 Å². The van der Waals surface area contributed by atoms with E-state index in [1.54, 1.807) is 7.05 Å². The highest BCUT2D eigenvalue weighted by atomic mass is 16.5. The largest absolute Gasteiger partial charge is 0.468 e. The smallest absolute Gasteiger partial charge is 0.325 e. The molecule has 0 aliphatic carbocycles. The Kier molecular flexibility index (Phi) is 8.15. The zero-order chi connectivity index (χ0) is 14.2. The molecule has 108 valence electrons. The van der Waals surface area contributed by atoms with Gasteiger partial charge in [0.15, 0.2) is 0 Å². The molecule has 0 heterocycles. The summed E-state index contributed by atoms with van der Waals surface area (Å²) in [7, 11) is 9.47. The Morgan fingerprint density at radius 2 is 1.83 bits per heavy atom. The van der Waals surface area contributed by atoms with Gasteiger partial charge in [0.25, 0.3) is 0 Å². The van der Waals surface area contributed by atoms with E-state index < -0.39 is 5.54 Å². The first-order chi connectivity index (χ1) is 8.35. The van der Waals surface area contributed by atoms with Gasteiger partial charge in [0.1, 0.15) is 5.54 Å². The monoisotopic (exact) mass is 259 g/mol. The molecule has 5 nitrogen and oxygen atoms in total. The van der Waals surface area contributed by atoms with Crippen LogP contribution in [0.25, 0.3) is 0 Å². The Bertz CT molecular complexity index is 246. The number of methoxy groups -OCH3 is 1. The summed E-state index contributed by atoms with van der Waals surface area (Å²) >= 11 is 0. The summed E-state index contributed by atoms with van der Waals surface area (Å²) in [5, 5.41) is 3.05. The fourth-order valence-electron chi connectivity index (χ4n) is 1.74. The summed E-state index contributed by atoms with van der Waals surface area (Å²) < 4.78 is 4.82. The molecule has 0 spiro atoms. The molecular formula is C13H29N3O2. The first kappa shape index (κ1) is 17.4. The van der Waals surface area contributed by atoms with Crippen LogP contribution in [0.1, 0.15) is 19.8 Å². The van der Waals surface area contributed by atoms with Crippen LogP contribution < -0.4 is 5.32 Å². The molecule has 1 N–H and O–H groups in total. The topological polar surface area (TPSA) is 44.8 Å². The van der Waals surface area contributed by atoms with Gasteiger partial charge in [0, 0.05) is 6.54 Å². The Balaban J connectivity index is 4.01. The molecule has 0 aromatic carbocycles. The summed E-state index contributed by atoms with van der Waals surface area (Å²) in [6.45, 7) is 4.89. The van der Waals surface area contributed by atoms with E-state index in [0.717, 1.165) is 32.5 Å². The molecule has 0 rings (SSSR count). The minimum Gasteiger partial charge on any atom is -0.468 e. The molecule has 5 heteroatoms. The minimum atomic E-state index is -0.593. The Morgan fingerprint density at radius 1 is 1.22 bits per heavy atom. The van der Waals surface area contributed by atoms with Gasteiger partial charge in [0.05, 0.1) is 7.11 Å². The number of nitrogens with one attached hydrogen (secondary N) is 1. The van der Waals surface area contributed by atoms with E-state index >= 15 is 0 Å². The normalized spacial score (nSPS) is 14.9. The third-order valence-electron chi connectivity index (χ3n) is 3.33. The van der Waals surface area contributed by atoms with Crippen molar-refractivity contribution < 1.29 is 9.53 Å². The Morgan fingerprint density at radius 3 is 2.28 bits per heavy atom. The van der Waals surface area contributed by atoms with Crippen molar-refractivity contribution in [3.63, 3.8) is 0 Å². The van der Waals surface area contributed by atoms with Crippen LogP contribution >= 0.6 is 0 Å². The van der Waals surface area contributed by atoms with Gasteiger partial charge in [0.2, 0.25) is 0 Å². The highest BCUT2D eigenvalue weighted by molar-refractivity contribution is 5.80. The standard InChI is InChI=1S/C13H29N3O2/c1-13(14-2,12(17)18-6)8-11-16(5)10-7-9-15(3)4/h14H,7-11H2,1-6H3. The first-order valence-corrected chi connectivity index (χ1v) is 6.46. The van der Waals surface area contributed by atoms with Crippen LogP contribution in [0, 0.1) is 0 Å². The lowest BCUT2D eigenvalue weighted by Gasteiger charge is -2.28. The molecule has 0 saturated heterocycles. The molecule has 0 bridgehead atoms. The van der Waals surface area contributed by atoms with Crippen LogP contribution in [0.5, 0.6) is 0 Å². The van der Waals surface area contributed by atoms with Gasteiger partial charge in [-0.15, -0.1) is 0 Å². The summed E-state index contributed by atoms with van der Waals surface area (Å²) in [6, 6.07) is 0. The lowest BCUT2D eigenvalue weighted by atomic mass is 9.98. The number of carbonyl (C=O) groups excluding carboxylic acids is 1. The van der Waals surface area contributed by atoms with Crippen LogP contribution in [0.2, 0.25) is 0 Å². The second-order valence-electron chi connectivity index (χ2n) is 5.28. The number of hydrogen-bond acceptors (Lipinski definition) is 5. The molecule has 1 unspecified atom stereocenters. The zero-order valence-corrected chi connectivity index (χ0v) is 12.7. The predicted octanol–water partition coefficient (Wildman–Crippen LogP) is 0.411. The quantitative estimate of drug-likeness (QED) is 0.608. The first-order valence-electron chi connectivity index (χ1n) is 6.46. The number of esters is 1. The van der Waals surface area contributed by atoms with Gasteiger partial charge in [-0.1, -0.05) is 0 Å². The van der Waals surface area contributed by atoms with E-state index in [2.05, 4.69) is 36.3 Å². The molecule has 1 atom stereocenters. The summed E-state index contributed by atoms with van der Waals surface area (Å²) in [4.78, 5) is 16.1. The van der Waals surface area contributed by atoms with E-state index in [0.29, 0.717) is 0 Å². The van der Waals surface area contributed by atoms with Crippen LogP contribution in [-0.2, 0) is 9.53 Å². The molecule has 0 amide bonds. The average molecular weight is 259 g/mol.